The van der Waals surface area contributed by atoms with E-state index in [4.69, 9.17) is 5.73 Å². The van der Waals surface area contributed by atoms with Gasteiger partial charge >= 0.3 is 6.03 Å². The molecule has 1 heterocycles. The van der Waals surface area contributed by atoms with Crippen molar-refractivity contribution in [2.45, 2.75) is 141 Å². The Morgan fingerprint density at radius 3 is 2.05 bits per heavy atom. The summed E-state index contributed by atoms with van der Waals surface area (Å²) in [4.78, 5) is 43.1. The van der Waals surface area contributed by atoms with Crippen LogP contribution in [0.4, 0.5) is 4.79 Å². The third-order valence-electron chi connectivity index (χ3n) is 9.84. The number of nitrogens with two attached hydrogens (primary N) is 1. The van der Waals surface area contributed by atoms with Crippen LogP contribution >= 0.6 is 0 Å². The highest BCUT2D eigenvalue weighted by atomic mass is 16.2. The fraction of sp³-hybridized carbons (Fsp3) is 0.903. The van der Waals surface area contributed by atoms with Gasteiger partial charge in [0.05, 0.1) is 5.54 Å². The summed E-state index contributed by atoms with van der Waals surface area (Å²) in [5, 5.41) is 3.21. The molecule has 0 spiro atoms. The fourth-order valence-corrected chi connectivity index (χ4v) is 8.40. The van der Waals surface area contributed by atoms with E-state index in [0.29, 0.717) is 37.3 Å². The van der Waals surface area contributed by atoms with Gasteiger partial charge in [-0.3, -0.25) is 14.5 Å². The number of imide groups is 1. The second-order valence-corrected chi connectivity index (χ2v) is 13.2. The largest absolute Gasteiger partial charge is 0.352 e. The Hall–Kier alpha value is -1.63. The second-order valence-electron chi connectivity index (χ2n) is 13.2. The quantitative estimate of drug-likeness (QED) is 0.174. The Morgan fingerprint density at radius 2 is 1.47 bits per heavy atom. The number of amides is 4. The van der Waals surface area contributed by atoms with Gasteiger partial charge in [-0.1, -0.05) is 64.7 Å². The Labute approximate surface area is 231 Å². The van der Waals surface area contributed by atoms with Crippen molar-refractivity contribution in [3.05, 3.63) is 0 Å². The molecule has 1 saturated heterocycles. The van der Waals surface area contributed by atoms with Crippen LogP contribution in [0.3, 0.4) is 0 Å². The van der Waals surface area contributed by atoms with E-state index >= 15 is 0 Å². The first-order chi connectivity index (χ1) is 18.4. The lowest BCUT2D eigenvalue weighted by Gasteiger charge is -2.58. The molecule has 0 radical (unpaired) electrons. The number of hydrogen-bond acceptors (Lipinski definition) is 4. The molecule has 7 heteroatoms. The highest BCUT2D eigenvalue weighted by molar-refractivity contribution is 6.03. The molecule has 7 nitrogen and oxygen atoms in total. The number of hydrogen-bond donors (Lipinski definition) is 2. The number of urea groups is 1. The van der Waals surface area contributed by atoms with E-state index < -0.39 is 0 Å². The zero-order valence-electron chi connectivity index (χ0n) is 24.1. The molecule has 1 aliphatic heterocycles. The molecule has 5 rings (SSSR count). The topological polar surface area (TPSA) is 95.7 Å². The molecule has 216 valence electrons. The molecule has 4 aliphatic carbocycles. The number of nitrogens with zero attached hydrogens (tertiary/aromatic N) is 2. The van der Waals surface area contributed by atoms with Crippen LogP contribution in [0.5, 0.6) is 0 Å². The van der Waals surface area contributed by atoms with Crippen molar-refractivity contribution in [1.82, 2.24) is 15.1 Å². The Morgan fingerprint density at radius 1 is 0.895 bits per heavy atom. The van der Waals surface area contributed by atoms with Crippen LogP contribution in [0.2, 0.25) is 0 Å². The lowest BCUT2D eigenvalue weighted by Crippen LogP contribution is -2.62. The highest BCUT2D eigenvalue weighted by Crippen LogP contribution is 2.58. The minimum absolute atomic E-state index is 0.0290. The van der Waals surface area contributed by atoms with Gasteiger partial charge in [-0.2, -0.15) is 0 Å². The van der Waals surface area contributed by atoms with Crippen LogP contribution in [0.1, 0.15) is 129 Å². The Bertz CT molecular complexity index is 765. The average Bonchev–Trinajstić information content (AvgIpc) is 3.15. The van der Waals surface area contributed by atoms with Crippen molar-refractivity contribution >= 4 is 17.8 Å². The molecule has 5 aliphatic rings. The maximum Gasteiger partial charge on any atom is 0.327 e. The SMILES string of the molecule is CCCCCCCCCCCC(=O)NC(CCCCN)CN1CC(=O)N(C23CC4CC(CC(C4)C2)C3)C1=O. The first-order valence-corrected chi connectivity index (χ1v) is 16.1. The van der Waals surface area contributed by atoms with E-state index in [2.05, 4.69) is 12.2 Å². The highest BCUT2D eigenvalue weighted by Gasteiger charge is 2.58. The molecule has 5 fully saturated rings. The number of carbonyl (C=O) groups excluding carboxylic acids is 3. The molecule has 3 N–H and O–H groups in total. The molecule has 0 aromatic carbocycles. The smallest absolute Gasteiger partial charge is 0.327 e. The Kier molecular flexibility index (Phi) is 10.9. The van der Waals surface area contributed by atoms with Gasteiger partial charge < -0.3 is 16.0 Å². The second kappa shape index (κ2) is 14.1. The summed E-state index contributed by atoms with van der Waals surface area (Å²) in [6, 6.07) is -0.241. The fourth-order valence-electron chi connectivity index (χ4n) is 8.40. The summed E-state index contributed by atoms with van der Waals surface area (Å²) < 4.78 is 0. The van der Waals surface area contributed by atoms with Crippen LogP contribution < -0.4 is 11.1 Å². The monoisotopic (exact) mass is 530 g/mol. The number of rotatable bonds is 18. The molecule has 0 aromatic rings. The van der Waals surface area contributed by atoms with Crippen molar-refractivity contribution in [2.75, 3.05) is 19.6 Å². The minimum Gasteiger partial charge on any atom is -0.352 e. The summed E-state index contributed by atoms with van der Waals surface area (Å²) in [5.74, 6) is 2.08. The normalized spacial score (nSPS) is 28.9. The predicted molar refractivity (Wildman–Crippen MR) is 151 cm³/mol. The number of nitrogens with one attached hydrogen (secondary N) is 1. The van der Waals surface area contributed by atoms with E-state index in [9.17, 15) is 14.4 Å². The van der Waals surface area contributed by atoms with Gasteiger partial charge in [0, 0.05) is 19.0 Å². The molecule has 0 aromatic heterocycles. The summed E-state index contributed by atoms with van der Waals surface area (Å²) >= 11 is 0. The molecular formula is C31H54N4O3. The first kappa shape index (κ1) is 29.4. The van der Waals surface area contributed by atoms with E-state index in [1.807, 2.05) is 0 Å². The van der Waals surface area contributed by atoms with Crippen LogP contribution in [0.25, 0.3) is 0 Å². The molecular weight excluding hydrogens is 476 g/mol. The van der Waals surface area contributed by atoms with Crippen molar-refractivity contribution in [3.63, 3.8) is 0 Å². The van der Waals surface area contributed by atoms with Crippen molar-refractivity contribution in [2.24, 2.45) is 23.5 Å². The summed E-state index contributed by atoms with van der Waals surface area (Å²) in [6.45, 7) is 3.44. The maximum atomic E-state index is 13.6. The Balaban J connectivity index is 1.24. The van der Waals surface area contributed by atoms with Gasteiger partial charge in [-0.25, -0.2) is 4.79 Å². The molecule has 4 bridgehead atoms. The van der Waals surface area contributed by atoms with Gasteiger partial charge in [-0.15, -0.1) is 0 Å². The number of carbonyl (C=O) groups is 3. The van der Waals surface area contributed by atoms with Gasteiger partial charge in [0.1, 0.15) is 6.54 Å². The average molecular weight is 531 g/mol. The first-order valence-electron chi connectivity index (χ1n) is 16.1. The van der Waals surface area contributed by atoms with Crippen molar-refractivity contribution < 1.29 is 14.4 Å². The van der Waals surface area contributed by atoms with E-state index in [-0.39, 0.29) is 36.0 Å². The van der Waals surface area contributed by atoms with Crippen molar-refractivity contribution in [3.8, 4) is 0 Å². The molecule has 4 amide bonds. The lowest BCUT2D eigenvalue weighted by atomic mass is 9.52. The predicted octanol–water partition coefficient (Wildman–Crippen LogP) is 5.75. The zero-order valence-corrected chi connectivity index (χ0v) is 24.1. The van der Waals surface area contributed by atoms with Crippen LogP contribution in [0.15, 0.2) is 0 Å². The van der Waals surface area contributed by atoms with Gasteiger partial charge in [-0.05, 0) is 82.1 Å². The standard InChI is InChI=1S/C31H54N4O3/c1-2-3-4-5-6-7-8-9-10-14-28(36)33-27(13-11-12-15-32)22-34-23-29(37)35(30(34)38)31-19-24-16-25(20-31)18-26(17-24)21-31/h24-27H,2-23,32H2,1H3,(H,33,36). The summed E-state index contributed by atoms with van der Waals surface area (Å²) in [5.41, 5.74) is 5.47. The molecule has 1 atom stereocenters. The maximum absolute atomic E-state index is 13.6. The third kappa shape index (κ3) is 7.51. The zero-order chi connectivity index (χ0) is 27.0. The van der Waals surface area contributed by atoms with Gasteiger partial charge in [0.25, 0.3) is 5.91 Å². The minimum atomic E-state index is -0.244. The van der Waals surface area contributed by atoms with E-state index in [1.54, 1.807) is 9.80 Å². The molecule has 38 heavy (non-hydrogen) atoms. The van der Waals surface area contributed by atoms with E-state index in [1.165, 1.54) is 64.2 Å². The van der Waals surface area contributed by atoms with E-state index in [0.717, 1.165) is 51.4 Å². The van der Waals surface area contributed by atoms with Crippen LogP contribution in [-0.2, 0) is 9.59 Å². The number of unbranched alkanes of at least 4 members (excludes halogenated alkanes) is 9. The van der Waals surface area contributed by atoms with Crippen molar-refractivity contribution in [1.29, 1.82) is 0 Å². The van der Waals surface area contributed by atoms with Crippen LogP contribution in [0, 0.1) is 17.8 Å². The summed E-state index contributed by atoms with van der Waals surface area (Å²) in [6.07, 6.45) is 21.1. The van der Waals surface area contributed by atoms with Gasteiger partial charge in [0.2, 0.25) is 5.91 Å². The van der Waals surface area contributed by atoms with Gasteiger partial charge in [0.15, 0.2) is 0 Å². The lowest BCUT2D eigenvalue weighted by molar-refractivity contribution is -0.138. The molecule has 4 saturated carbocycles. The molecule has 1 unspecified atom stereocenters. The van der Waals surface area contributed by atoms with Crippen LogP contribution in [-0.4, -0.2) is 58.9 Å². The summed E-state index contributed by atoms with van der Waals surface area (Å²) in [7, 11) is 0. The third-order valence-corrected chi connectivity index (χ3v) is 9.84.